The Balaban J connectivity index is 2.33. The molecule has 4 heteroatoms. The van der Waals surface area contributed by atoms with Crippen molar-refractivity contribution >= 4 is 33.2 Å². The van der Waals surface area contributed by atoms with Crippen molar-refractivity contribution in [1.82, 2.24) is 0 Å². The molecule has 17 heavy (non-hydrogen) atoms. The molecule has 2 nitrogen and oxygen atoms in total. The van der Waals surface area contributed by atoms with Crippen LogP contribution in [0.3, 0.4) is 0 Å². The zero-order chi connectivity index (χ0) is 12.4. The van der Waals surface area contributed by atoms with E-state index in [4.69, 9.17) is 16.3 Å². The van der Waals surface area contributed by atoms with Gasteiger partial charge in [-0.3, -0.25) is 0 Å². The van der Waals surface area contributed by atoms with Gasteiger partial charge < -0.3 is 9.64 Å². The zero-order valence-corrected chi connectivity index (χ0v) is 12.5. The molecule has 1 heterocycles. The average Bonchev–Trinajstić information content (AvgIpc) is 2.32. The summed E-state index contributed by atoms with van der Waals surface area (Å²) in [4.78, 5) is 2.39. The lowest BCUT2D eigenvalue weighted by Gasteiger charge is -2.39. The fraction of sp³-hybridized carbons (Fsp3) is 0.538. The van der Waals surface area contributed by atoms with E-state index >= 15 is 0 Å². The largest absolute Gasteiger partial charge is 0.375 e. The summed E-state index contributed by atoms with van der Waals surface area (Å²) in [6.45, 7) is 5.99. The highest BCUT2D eigenvalue weighted by molar-refractivity contribution is 9.08. The van der Waals surface area contributed by atoms with E-state index in [1.165, 1.54) is 11.3 Å². The van der Waals surface area contributed by atoms with Gasteiger partial charge in [0.2, 0.25) is 0 Å². The van der Waals surface area contributed by atoms with Crippen molar-refractivity contribution in [3.63, 3.8) is 0 Å². The maximum absolute atomic E-state index is 6.10. The van der Waals surface area contributed by atoms with Crippen LogP contribution in [0.1, 0.15) is 19.4 Å². The number of morpholine rings is 1. The van der Waals surface area contributed by atoms with Crippen LogP contribution in [0, 0.1) is 0 Å². The predicted molar refractivity (Wildman–Crippen MR) is 76.3 cm³/mol. The van der Waals surface area contributed by atoms with Crippen LogP contribution in [0.15, 0.2) is 18.2 Å². The Bertz CT molecular complexity index is 399. The molecule has 94 valence electrons. The molecule has 2 atom stereocenters. The quantitative estimate of drug-likeness (QED) is 0.768. The highest BCUT2D eigenvalue weighted by Crippen LogP contribution is 2.30. The summed E-state index contributed by atoms with van der Waals surface area (Å²) in [6, 6.07) is 6.46. The third-order valence-electron chi connectivity index (χ3n) is 3.11. The first-order chi connectivity index (χ1) is 8.11. The van der Waals surface area contributed by atoms with Gasteiger partial charge in [-0.05, 0) is 31.5 Å². The molecule has 1 aliphatic heterocycles. The average molecular weight is 319 g/mol. The van der Waals surface area contributed by atoms with Crippen molar-refractivity contribution in [3.8, 4) is 0 Å². The number of nitrogens with zero attached hydrogens (tertiary/aromatic N) is 1. The fourth-order valence-electron chi connectivity index (χ4n) is 2.16. The van der Waals surface area contributed by atoms with Crippen molar-refractivity contribution in [2.75, 3.05) is 18.1 Å². The molecule has 1 aromatic carbocycles. The van der Waals surface area contributed by atoms with Crippen molar-refractivity contribution in [2.45, 2.75) is 31.3 Å². The van der Waals surface area contributed by atoms with Gasteiger partial charge in [-0.2, -0.15) is 0 Å². The van der Waals surface area contributed by atoms with Crippen LogP contribution < -0.4 is 4.90 Å². The standard InChI is InChI=1S/C13H17BrClNO/c1-9-8-17-10(2)7-16(9)13-5-12(15)4-3-11(13)6-14/h3-5,9-10H,6-8H2,1-2H3. The van der Waals surface area contributed by atoms with E-state index in [2.05, 4.69) is 40.7 Å². The van der Waals surface area contributed by atoms with E-state index in [0.29, 0.717) is 6.04 Å². The summed E-state index contributed by atoms with van der Waals surface area (Å²) in [5.74, 6) is 0. The lowest BCUT2D eigenvalue weighted by Crippen LogP contribution is -2.47. The van der Waals surface area contributed by atoms with Gasteiger partial charge in [-0.1, -0.05) is 33.6 Å². The van der Waals surface area contributed by atoms with Crippen LogP contribution >= 0.6 is 27.5 Å². The third-order valence-corrected chi connectivity index (χ3v) is 3.95. The maximum Gasteiger partial charge on any atom is 0.0723 e. The number of hydrogen-bond donors (Lipinski definition) is 0. The van der Waals surface area contributed by atoms with Gasteiger partial charge in [0.15, 0.2) is 0 Å². The van der Waals surface area contributed by atoms with E-state index in [0.717, 1.165) is 23.5 Å². The molecular formula is C13H17BrClNO. The molecule has 1 aliphatic rings. The molecule has 0 radical (unpaired) electrons. The monoisotopic (exact) mass is 317 g/mol. The van der Waals surface area contributed by atoms with Crippen molar-refractivity contribution in [3.05, 3.63) is 28.8 Å². The number of alkyl halides is 1. The Kier molecular flexibility index (Phi) is 4.34. The minimum absolute atomic E-state index is 0.272. The third kappa shape index (κ3) is 2.95. The van der Waals surface area contributed by atoms with E-state index in [9.17, 15) is 0 Å². The number of hydrogen-bond acceptors (Lipinski definition) is 2. The zero-order valence-electron chi connectivity index (χ0n) is 10.1. The van der Waals surface area contributed by atoms with Crippen molar-refractivity contribution < 1.29 is 4.74 Å². The Morgan fingerprint density at radius 2 is 2.24 bits per heavy atom. The highest BCUT2D eigenvalue weighted by atomic mass is 79.9. The molecule has 1 fully saturated rings. The molecule has 2 unspecified atom stereocenters. The summed E-state index contributed by atoms with van der Waals surface area (Å²) >= 11 is 9.64. The van der Waals surface area contributed by atoms with E-state index in [1.54, 1.807) is 0 Å². The van der Waals surface area contributed by atoms with Crippen LogP contribution in [0.2, 0.25) is 5.02 Å². The summed E-state index contributed by atoms with van der Waals surface area (Å²) in [7, 11) is 0. The van der Waals surface area contributed by atoms with Crippen LogP contribution in [0.25, 0.3) is 0 Å². The van der Waals surface area contributed by atoms with Crippen molar-refractivity contribution in [1.29, 1.82) is 0 Å². The number of halogens is 2. The first-order valence-electron chi connectivity index (χ1n) is 5.84. The van der Waals surface area contributed by atoms with Gasteiger partial charge in [0, 0.05) is 28.6 Å². The van der Waals surface area contributed by atoms with Gasteiger partial charge in [0.1, 0.15) is 0 Å². The van der Waals surface area contributed by atoms with E-state index in [-0.39, 0.29) is 6.10 Å². The Morgan fingerprint density at radius 1 is 1.47 bits per heavy atom. The number of anilines is 1. The summed E-state index contributed by atoms with van der Waals surface area (Å²) in [5.41, 5.74) is 2.49. The number of ether oxygens (including phenoxy) is 1. The van der Waals surface area contributed by atoms with E-state index < -0.39 is 0 Å². The lowest BCUT2D eigenvalue weighted by molar-refractivity contribution is 0.0343. The molecule has 1 aromatic rings. The first-order valence-corrected chi connectivity index (χ1v) is 7.34. The van der Waals surface area contributed by atoms with Gasteiger partial charge in [-0.25, -0.2) is 0 Å². The Morgan fingerprint density at radius 3 is 2.94 bits per heavy atom. The highest BCUT2D eigenvalue weighted by Gasteiger charge is 2.25. The molecule has 0 aromatic heterocycles. The number of benzene rings is 1. The molecule has 0 spiro atoms. The smallest absolute Gasteiger partial charge is 0.0723 e. The van der Waals surface area contributed by atoms with Crippen LogP contribution in [0.5, 0.6) is 0 Å². The molecule has 2 rings (SSSR count). The second-order valence-corrected chi connectivity index (χ2v) is 5.55. The molecule has 0 bridgehead atoms. The van der Waals surface area contributed by atoms with E-state index in [1.807, 2.05) is 12.1 Å². The Hall–Kier alpha value is -0.250. The molecular weight excluding hydrogens is 302 g/mol. The minimum Gasteiger partial charge on any atom is -0.375 e. The maximum atomic E-state index is 6.10. The second kappa shape index (κ2) is 5.59. The number of rotatable bonds is 2. The molecule has 0 aliphatic carbocycles. The lowest BCUT2D eigenvalue weighted by atomic mass is 10.1. The molecule has 0 N–H and O–H groups in total. The van der Waals surface area contributed by atoms with Crippen LogP contribution in [0.4, 0.5) is 5.69 Å². The van der Waals surface area contributed by atoms with Crippen LogP contribution in [-0.4, -0.2) is 25.3 Å². The fourth-order valence-corrected chi connectivity index (χ4v) is 2.80. The SMILES string of the molecule is CC1CN(c2cc(Cl)ccc2CBr)C(C)CO1. The summed E-state index contributed by atoms with van der Waals surface area (Å²) in [6.07, 6.45) is 0.272. The predicted octanol–water partition coefficient (Wildman–Crippen LogP) is 3.85. The molecule has 0 amide bonds. The van der Waals surface area contributed by atoms with Gasteiger partial charge in [-0.15, -0.1) is 0 Å². The summed E-state index contributed by atoms with van der Waals surface area (Å²) in [5, 5.41) is 1.63. The Labute approximate surface area is 116 Å². The minimum atomic E-state index is 0.272. The normalized spacial score (nSPS) is 25.1. The summed E-state index contributed by atoms with van der Waals surface area (Å²) < 4.78 is 5.66. The second-order valence-electron chi connectivity index (χ2n) is 4.55. The van der Waals surface area contributed by atoms with Gasteiger partial charge in [0.25, 0.3) is 0 Å². The topological polar surface area (TPSA) is 12.5 Å². The first kappa shape index (κ1) is 13.2. The van der Waals surface area contributed by atoms with Crippen LogP contribution in [-0.2, 0) is 10.1 Å². The van der Waals surface area contributed by atoms with Gasteiger partial charge in [0.05, 0.1) is 12.7 Å². The molecule has 1 saturated heterocycles. The van der Waals surface area contributed by atoms with Crippen molar-refractivity contribution in [2.24, 2.45) is 0 Å². The van der Waals surface area contributed by atoms with Gasteiger partial charge >= 0.3 is 0 Å². The molecule has 0 saturated carbocycles.